The fourth-order valence-corrected chi connectivity index (χ4v) is 14.3. The van der Waals surface area contributed by atoms with Crippen LogP contribution in [0.5, 0.6) is 0 Å². The third kappa shape index (κ3) is 16.9. The molecule has 4 aromatic heterocycles. The van der Waals surface area contributed by atoms with Crippen molar-refractivity contribution in [1.29, 1.82) is 0 Å². The van der Waals surface area contributed by atoms with Gasteiger partial charge in [-0.05, 0) is 282 Å². The van der Waals surface area contributed by atoms with Gasteiger partial charge in [0.2, 0.25) is 0 Å². The molecule has 0 unspecified atom stereocenters. The number of fused-ring (bicyclic) bond motifs is 18. The lowest BCUT2D eigenvalue weighted by atomic mass is 9.97. The molecule has 0 bridgehead atoms. The van der Waals surface area contributed by atoms with Gasteiger partial charge >= 0.3 is 0 Å². The maximum absolute atomic E-state index is 4.56. The minimum Gasteiger partial charge on any atom is -0.264 e. The van der Waals surface area contributed by atoms with E-state index in [-0.39, 0.29) is 0 Å². The summed E-state index contributed by atoms with van der Waals surface area (Å²) in [5.74, 6) is 0. The van der Waals surface area contributed by atoms with Gasteiger partial charge in [-0.15, -0.1) is 0 Å². The van der Waals surface area contributed by atoms with Crippen LogP contribution in [0.2, 0.25) is 0 Å². The van der Waals surface area contributed by atoms with Gasteiger partial charge in [-0.25, -0.2) is 0 Å². The van der Waals surface area contributed by atoms with E-state index in [9.17, 15) is 0 Å². The van der Waals surface area contributed by atoms with E-state index in [2.05, 4.69) is 261 Å². The molecule has 0 N–H and O–H groups in total. The predicted octanol–water partition coefficient (Wildman–Crippen LogP) is 27.0. The van der Waals surface area contributed by atoms with Crippen LogP contribution in [-0.4, -0.2) is 19.9 Å². The van der Waals surface area contributed by atoms with Crippen LogP contribution in [0.3, 0.4) is 0 Å². The van der Waals surface area contributed by atoms with Gasteiger partial charge in [0.25, 0.3) is 0 Å². The van der Waals surface area contributed by atoms with Crippen LogP contribution in [0.15, 0.2) is 195 Å². The Labute approximate surface area is 616 Å². The van der Waals surface area contributed by atoms with Gasteiger partial charge in [0.1, 0.15) is 0 Å². The smallest absolute Gasteiger partial charge is 0.0743 e. The summed E-state index contributed by atoms with van der Waals surface area (Å²) in [6, 6.07) is 58.8. The molecule has 0 atom stereocenters. The Morgan fingerprint density at radius 1 is 0.216 bits per heavy atom. The Bertz CT molecular complexity index is 4220. The highest BCUT2D eigenvalue weighted by Gasteiger charge is 2.26. The Morgan fingerprint density at radius 3 is 1.17 bits per heavy atom. The molecule has 6 aliphatic carbocycles. The molecule has 18 rings (SSSR count). The Morgan fingerprint density at radius 2 is 0.608 bits per heavy atom. The standard InChI is InChI=1S/2C15H14.4C14H13N.6C2H6/c1-10-7-8-13-9-12-5-3-4-6-14(12)15(13)11(10)2;1-10-7-8-14-13-6-4-3-5-12(13)9-15(14)11(10)2;1-9-3-4-12-13(10(9)2)7-11-5-6-15-8-14(11)12;1-9-5-6-12-13(10(9)2)8-11-4-3-7-15-14(11)12;1-9-10(2)15-8-14-12-6-4-3-5-11(12)7-13(9)14;1-9-8-15-14-12-6-4-3-5-11(12)7-13(14)10(9)2;6*1-2/h2*3-8H,9H2,1-2H3;3-6,8H,7H2,1-2H3;3-7H,8H2,1-2H3;2*3-6,8H,7H2,1-2H3;6*1-2H3. The summed E-state index contributed by atoms with van der Waals surface area (Å²) in [6.07, 6.45) is 16.2. The molecule has 4 nitrogen and oxygen atoms in total. The van der Waals surface area contributed by atoms with Gasteiger partial charge in [0.05, 0.1) is 11.4 Å². The summed E-state index contributed by atoms with van der Waals surface area (Å²) in [5, 5.41) is 0. The quantitative estimate of drug-likeness (QED) is 0.152. The third-order valence-corrected chi connectivity index (χ3v) is 20.6. The predicted molar refractivity (Wildman–Crippen MR) is 444 cm³/mol. The van der Waals surface area contributed by atoms with E-state index in [1.165, 1.54) is 195 Å². The summed E-state index contributed by atoms with van der Waals surface area (Å²) in [6.45, 7) is 50.2. The molecular weight excluding hydrogens is 1230 g/mol. The zero-order valence-electron chi connectivity index (χ0n) is 66.5. The van der Waals surface area contributed by atoms with Crippen LogP contribution >= 0.6 is 0 Å². The zero-order valence-corrected chi connectivity index (χ0v) is 66.5. The normalized spacial score (nSPS) is 11.3. The Balaban J connectivity index is 0.000000166. The van der Waals surface area contributed by atoms with E-state index in [4.69, 9.17) is 0 Å². The number of hydrogen-bond donors (Lipinski definition) is 0. The molecule has 0 aliphatic heterocycles. The molecule has 0 saturated heterocycles. The molecule has 528 valence electrons. The minimum absolute atomic E-state index is 1.05. The highest BCUT2D eigenvalue weighted by molar-refractivity contribution is 5.82. The summed E-state index contributed by atoms with van der Waals surface area (Å²) in [7, 11) is 0. The van der Waals surface area contributed by atoms with Crippen molar-refractivity contribution in [2.45, 2.75) is 205 Å². The topological polar surface area (TPSA) is 51.6 Å². The maximum Gasteiger partial charge on any atom is 0.0743 e. The van der Waals surface area contributed by atoms with Crippen molar-refractivity contribution >= 4 is 0 Å². The number of aryl methyl sites for hydroxylation is 6. The first kappa shape index (κ1) is 79.7. The van der Waals surface area contributed by atoms with Crippen LogP contribution in [-0.2, 0) is 38.5 Å². The molecule has 8 aromatic carbocycles. The first-order chi connectivity index (χ1) is 49.6. The SMILES string of the molecule is CC.CC.CC.CC.CC.CC.Cc1ccc2c(c1C)-c1ccccc1C2.Cc1ccc2c(c1C)Cc1ccccc1-2.Cc1ccc2c(c1C)Cc1cccnc1-2.Cc1ccc2c(c1C)Cc1ccncc1-2.Cc1cnc2c(c1C)Cc1ccccc1-2.Cc1ncc2c(c1C)Cc1ccccc1-2. The van der Waals surface area contributed by atoms with Gasteiger partial charge in [0, 0.05) is 71.8 Å². The Hall–Kier alpha value is -9.64. The molecular formula is C98H116N4. The fourth-order valence-electron chi connectivity index (χ4n) is 14.3. The molecule has 0 radical (unpaired) electrons. The second-order valence-corrected chi connectivity index (χ2v) is 25.6. The van der Waals surface area contributed by atoms with Crippen LogP contribution < -0.4 is 0 Å². The van der Waals surface area contributed by atoms with Crippen molar-refractivity contribution in [3.63, 3.8) is 0 Å². The van der Waals surface area contributed by atoms with E-state index in [0.29, 0.717) is 0 Å². The fraction of sp³-hybridized carbons (Fsp3) is 0.306. The lowest BCUT2D eigenvalue weighted by Crippen LogP contribution is -1.93. The number of rotatable bonds is 0. The highest BCUT2D eigenvalue weighted by Crippen LogP contribution is 2.44. The van der Waals surface area contributed by atoms with Crippen molar-refractivity contribution in [2.75, 3.05) is 0 Å². The van der Waals surface area contributed by atoms with Crippen LogP contribution in [0.4, 0.5) is 0 Å². The number of nitrogens with zero attached hydrogens (tertiary/aromatic N) is 4. The summed E-state index contributed by atoms with van der Waals surface area (Å²) >= 11 is 0. The van der Waals surface area contributed by atoms with E-state index in [1.54, 1.807) is 0 Å². The molecule has 4 heterocycles. The monoisotopic (exact) mass is 1350 g/mol. The number of pyridine rings is 4. The molecule has 0 spiro atoms. The first-order valence-corrected chi connectivity index (χ1v) is 38.1. The molecule has 102 heavy (non-hydrogen) atoms. The summed E-state index contributed by atoms with van der Waals surface area (Å²) < 4.78 is 0. The van der Waals surface area contributed by atoms with Crippen LogP contribution in [0, 0.1) is 83.1 Å². The van der Waals surface area contributed by atoms with Crippen molar-refractivity contribution in [3.05, 3.63) is 328 Å². The third-order valence-electron chi connectivity index (χ3n) is 20.6. The molecule has 6 aliphatic rings. The molecule has 12 aromatic rings. The van der Waals surface area contributed by atoms with Gasteiger partial charge < -0.3 is 0 Å². The number of benzene rings is 8. The average Bonchev–Trinajstić information content (AvgIpc) is 1.68. The summed E-state index contributed by atoms with van der Waals surface area (Å²) in [4.78, 5) is 17.7. The Kier molecular flexibility index (Phi) is 29.6. The van der Waals surface area contributed by atoms with Crippen molar-refractivity contribution < 1.29 is 0 Å². The lowest BCUT2D eigenvalue weighted by Gasteiger charge is -2.08. The first-order valence-electron chi connectivity index (χ1n) is 38.1. The van der Waals surface area contributed by atoms with E-state index < -0.39 is 0 Å². The molecule has 0 amide bonds. The van der Waals surface area contributed by atoms with Crippen molar-refractivity contribution in [1.82, 2.24) is 19.9 Å². The van der Waals surface area contributed by atoms with Gasteiger partial charge in [-0.1, -0.05) is 235 Å². The molecule has 4 heteroatoms. The van der Waals surface area contributed by atoms with Gasteiger partial charge in [-0.2, -0.15) is 0 Å². The highest BCUT2D eigenvalue weighted by atomic mass is 14.7. The lowest BCUT2D eigenvalue weighted by molar-refractivity contribution is 1.10. The average molecular weight is 1350 g/mol. The van der Waals surface area contributed by atoms with E-state index in [0.717, 1.165) is 44.2 Å². The number of hydrogen-bond acceptors (Lipinski definition) is 4. The van der Waals surface area contributed by atoms with E-state index >= 15 is 0 Å². The molecule has 0 saturated carbocycles. The number of aromatic nitrogens is 4. The van der Waals surface area contributed by atoms with Crippen molar-refractivity contribution in [3.8, 4) is 67.0 Å². The zero-order chi connectivity index (χ0) is 74.5. The van der Waals surface area contributed by atoms with Gasteiger partial charge in [-0.3, -0.25) is 19.9 Å². The van der Waals surface area contributed by atoms with Crippen LogP contribution in [0.1, 0.15) is 217 Å². The summed E-state index contributed by atoms with van der Waals surface area (Å²) in [5.41, 5.74) is 50.1. The molecule has 0 fully saturated rings. The minimum atomic E-state index is 1.05. The maximum atomic E-state index is 4.56. The largest absolute Gasteiger partial charge is 0.264 e. The second kappa shape index (κ2) is 37.9. The van der Waals surface area contributed by atoms with E-state index in [1.807, 2.05) is 120 Å². The second-order valence-electron chi connectivity index (χ2n) is 25.6. The van der Waals surface area contributed by atoms with Gasteiger partial charge in [0.15, 0.2) is 0 Å². The van der Waals surface area contributed by atoms with Crippen LogP contribution in [0.25, 0.3) is 67.0 Å². The van der Waals surface area contributed by atoms with Crippen molar-refractivity contribution in [2.24, 2.45) is 0 Å².